The van der Waals surface area contributed by atoms with Gasteiger partial charge < -0.3 is 0 Å². The summed E-state index contributed by atoms with van der Waals surface area (Å²) in [6.45, 7) is 4.31. The Morgan fingerprint density at radius 2 is 1.08 bits per heavy atom. The van der Waals surface area contributed by atoms with Crippen molar-refractivity contribution in [1.82, 2.24) is 0 Å². The predicted molar refractivity (Wildman–Crippen MR) is 118 cm³/mol. The van der Waals surface area contributed by atoms with Gasteiger partial charge in [0.15, 0.2) is 0 Å². The molecule has 0 bridgehead atoms. The molecule has 0 nitrogen and oxygen atoms in total. The maximum absolute atomic E-state index is 5.78. The van der Waals surface area contributed by atoms with Crippen LogP contribution in [0.3, 0.4) is 0 Å². The Kier molecular flexibility index (Phi) is 12.9. The van der Waals surface area contributed by atoms with E-state index in [1.54, 1.807) is 0 Å². The van der Waals surface area contributed by atoms with Crippen LogP contribution in [0.5, 0.6) is 0 Å². The average Bonchev–Trinajstić information content (AvgIpc) is 3.24. The molecule has 0 aromatic heterocycles. The molecule has 0 unspecified atom stereocenters. The van der Waals surface area contributed by atoms with Gasteiger partial charge in [-0.2, -0.15) is 35.0 Å². The molecule has 0 aliphatic heterocycles. The summed E-state index contributed by atoms with van der Waals surface area (Å²) in [6.07, 6.45) is 0. The predicted octanol–water partition coefficient (Wildman–Crippen LogP) is 8.59. The Bertz CT molecular complexity index is 811. The van der Waals surface area contributed by atoms with Crippen LogP contribution < -0.4 is 0 Å². The first-order valence-electron chi connectivity index (χ1n) is 7.72. The van der Waals surface area contributed by atoms with Gasteiger partial charge in [0.1, 0.15) is 0 Å². The molecule has 26 heavy (non-hydrogen) atoms. The standard InChI is InChI=1S/2C9H6Cl.C2H6Si.2ClH.Zr/c2*10-9-5-4-7-2-1-3-8(7)6-9;1-3-2;;;/h2*1-6H;1-2H3;2*1H;/q2*-1;;;;+4/p-2. The van der Waals surface area contributed by atoms with Crippen LogP contribution in [0.15, 0.2) is 72.8 Å². The summed E-state index contributed by atoms with van der Waals surface area (Å²) in [4.78, 5) is 0. The molecule has 134 valence electrons. The molecule has 6 heteroatoms. The molecule has 4 aromatic carbocycles. The van der Waals surface area contributed by atoms with Crippen LogP contribution in [0.4, 0.5) is 0 Å². The van der Waals surface area contributed by atoms with Crippen molar-refractivity contribution in [3.63, 3.8) is 0 Å². The van der Waals surface area contributed by atoms with E-state index in [4.69, 9.17) is 40.2 Å². The number of benzene rings is 2. The van der Waals surface area contributed by atoms with Gasteiger partial charge in [0.25, 0.3) is 0 Å². The van der Waals surface area contributed by atoms with Gasteiger partial charge in [-0.1, -0.05) is 60.6 Å². The summed E-state index contributed by atoms with van der Waals surface area (Å²) in [5, 5.41) is 6.55. The van der Waals surface area contributed by atoms with Crippen LogP contribution in [0.25, 0.3) is 21.5 Å². The summed E-state index contributed by atoms with van der Waals surface area (Å²) in [7, 11) is 11.0. The molecule has 4 aromatic rings. The van der Waals surface area contributed by atoms with Gasteiger partial charge in [-0.25, -0.2) is 0 Å². The Labute approximate surface area is 186 Å². The normalized spacial score (nSPS) is 9.15. The van der Waals surface area contributed by atoms with E-state index in [1.165, 1.54) is 21.5 Å². The monoisotopic (exact) mass is 516 g/mol. The second-order valence-electron chi connectivity index (χ2n) is 5.17. The first-order valence-corrected chi connectivity index (χ1v) is 16.8. The molecule has 0 amide bonds. The third-order valence-electron chi connectivity index (χ3n) is 3.20. The fraction of sp³-hybridized carbons (Fsp3) is 0.100. The van der Waals surface area contributed by atoms with Crippen molar-refractivity contribution in [2.24, 2.45) is 0 Å². The summed E-state index contributed by atoms with van der Waals surface area (Å²) in [5.74, 6) is 0. The quantitative estimate of drug-likeness (QED) is 0.161. The van der Waals surface area contributed by atoms with Gasteiger partial charge in [0.05, 0.1) is 0 Å². The van der Waals surface area contributed by atoms with Crippen LogP contribution in [0.1, 0.15) is 0 Å². The van der Waals surface area contributed by atoms with E-state index in [1.807, 2.05) is 48.5 Å². The topological polar surface area (TPSA) is 0 Å². The zero-order chi connectivity index (χ0) is 19.4. The molecule has 0 N–H and O–H groups in total. The molecule has 2 radical (unpaired) electrons. The molecule has 0 heterocycles. The van der Waals surface area contributed by atoms with Crippen molar-refractivity contribution in [2.75, 3.05) is 0 Å². The SMILES string of the molecule is C[Si]C.Clc1ccc2[cH-]ccc2c1.Clc1ccc2[cH-]ccc2c1.[Cl][Zr+2][Cl]. The first kappa shape index (κ1) is 24.0. The van der Waals surface area contributed by atoms with Gasteiger partial charge in [-0.3, -0.25) is 0 Å². The number of hydrogen-bond donors (Lipinski definition) is 0. The minimum absolute atomic E-state index is 0.804. The van der Waals surface area contributed by atoms with Gasteiger partial charge >= 0.3 is 37.9 Å². The molecule has 0 spiro atoms. The van der Waals surface area contributed by atoms with Crippen molar-refractivity contribution < 1.29 is 20.8 Å². The number of fused-ring (bicyclic) bond motifs is 2. The first-order chi connectivity index (χ1) is 12.5. The van der Waals surface area contributed by atoms with Gasteiger partial charge in [-0.15, -0.1) is 35.0 Å². The molecular weight excluding hydrogens is 501 g/mol. The van der Waals surface area contributed by atoms with Crippen molar-refractivity contribution >= 4 is 71.3 Å². The van der Waals surface area contributed by atoms with Crippen molar-refractivity contribution in [3.05, 3.63) is 82.8 Å². The van der Waals surface area contributed by atoms with Crippen LogP contribution in [-0.2, 0) is 20.8 Å². The van der Waals surface area contributed by atoms with Crippen molar-refractivity contribution in [3.8, 4) is 0 Å². The second kappa shape index (κ2) is 14.0. The molecule has 0 fully saturated rings. The van der Waals surface area contributed by atoms with E-state index < -0.39 is 20.8 Å². The van der Waals surface area contributed by atoms with E-state index in [-0.39, 0.29) is 0 Å². The zero-order valence-electron chi connectivity index (χ0n) is 14.4. The van der Waals surface area contributed by atoms with E-state index in [2.05, 4.69) is 37.4 Å². The fourth-order valence-corrected chi connectivity index (χ4v) is 2.56. The number of rotatable bonds is 0. The van der Waals surface area contributed by atoms with Gasteiger partial charge in [0, 0.05) is 19.6 Å². The van der Waals surface area contributed by atoms with Gasteiger partial charge in [-0.05, 0) is 0 Å². The molecule has 4 rings (SSSR count). The van der Waals surface area contributed by atoms with Crippen molar-refractivity contribution in [1.29, 1.82) is 0 Å². The summed E-state index contributed by atoms with van der Waals surface area (Å²) >= 11 is 10.7. The molecule has 0 saturated heterocycles. The summed E-state index contributed by atoms with van der Waals surface area (Å²) in [5.41, 5.74) is 0. The maximum atomic E-state index is 5.78. The Hall–Kier alpha value is -0.0800. The third-order valence-corrected chi connectivity index (χ3v) is 3.67. The zero-order valence-corrected chi connectivity index (χ0v) is 20.9. The van der Waals surface area contributed by atoms with Crippen molar-refractivity contribution in [2.45, 2.75) is 13.1 Å². The van der Waals surface area contributed by atoms with Gasteiger partial charge in [0.2, 0.25) is 0 Å². The Morgan fingerprint density at radius 3 is 1.42 bits per heavy atom. The third kappa shape index (κ3) is 8.74. The van der Waals surface area contributed by atoms with Crippen LogP contribution in [0, 0.1) is 0 Å². The van der Waals surface area contributed by atoms with E-state index in [9.17, 15) is 0 Å². The minimum atomic E-state index is -0.826. The van der Waals surface area contributed by atoms with Crippen LogP contribution in [0.2, 0.25) is 23.1 Å². The molecular formula is C20H18Cl4SiZr. The molecule has 0 aliphatic rings. The Balaban J connectivity index is 0.000000201. The average molecular weight is 519 g/mol. The van der Waals surface area contributed by atoms with Crippen LogP contribution >= 0.6 is 40.2 Å². The van der Waals surface area contributed by atoms with E-state index in [0.717, 1.165) is 19.6 Å². The fourth-order valence-electron chi connectivity index (χ4n) is 2.19. The molecule has 0 atom stereocenters. The van der Waals surface area contributed by atoms with E-state index in [0.29, 0.717) is 0 Å². The summed E-state index contributed by atoms with van der Waals surface area (Å²) in [6, 6.07) is 24.1. The number of hydrogen-bond acceptors (Lipinski definition) is 0. The Morgan fingerprint density at radius 1 is 0.731 bits per heavy atom. The van der Waals surface area contributed by atoms with E-state index >= 15 is 0 Å². The number of halogens is 4. The van der Waals surface area contributed by atoms with Crippen LogP contribution in [-0.4, -0.2) is 9.52 Å². The summed E-state index contributed by atoms with van der Waals surface area (Å²) < 4.78 is 0. The molecule has 0 aliphatic carbocycles. The molecule has 0 saturated carbocycles. The second-order valence-corrected chi connectivity index (χ2v) is 10.8.